The Balaban J connectivity index is 1.52. The molecule has 1 fully saturated rings. The van der Waals surface area contributed by atoms with Gasteiger partial charge in [0.1, 0.15) is 5.75 Å². The highest BCUT2D eigenvalue weighted by molar-refractivity contribution is 6.02. The Labute approximate surface area is 201 Å². The molecule has 0 bridgehead atoms. The van der Waals surface area contributed by atoms with Crippen molar-refractivity contribution in [2.24, 2.45) is 0 Å². The zero-order chi connectivity index (χ0) is 24.8. The van der Waals surface area contributed by atoms with Crippen molar-refractivity contribution in [1.82, 2.24) is 10.2 Å². The van der Waals surface area contributed by atoms with E-state index in [-0.39, 0.29) is 24.6 Å². The number of imide groups is 1. The number of carbonyl (C=O) groups excluding carboxylic acids is 4. The Morgan fingerprint density at radius 2 is 1.74 bits per heavy atom. The van der Waals surface area contributed by atoms with Crippen LogP contribution in [0.25, 0.3) is 0 Å². The van der Waals surface area contributed by atoms with Gasteiger partial charge in [-0.25, -0.2) is 9.59 Å². The fourth-order valence-corrected chi connectivity index (χ4v) is 3.55. The number of anilines is 1. The maximum atomic E-state index is 13.1. The quantitative estimate of drug-likeness (QED) is 0.383. The number of urea groups is 1. The molecule has 4 rings (SSSR count). The second kappa shape index (κ2) is 10.5. The third-order valence-electron chi connectivity index (χ3n) is 5.36. The van der Waals surface area contributed by atoms with Crippen LogP contribution >= 0.6 is 0 Å². The third kappa shape index (κ3) is 5.64. The van der Waals surface area contributed by atoms with Crippen LogP contribution in [0, 0.1) is 0 Å². The van der Waals surface area contributed by atoms with Gasteiger partial charge in [-0.1, -0.05) is 42.5 Å². The van der Waals surface area contributed by atoms with Crippen molar-refractivity contribution in [2.45, 2.75) is 12.6 Å². The molecule has 4 amide bonds. The van der Waals surface area contributed by atoms with Crippen LogP contribution in [0.5, 0.6) is 5.75 Å². The summed E-state index contributed by atoms with van der Waals surface area (Å²) in [6.45, 7) is -0.0332. The average molecular weight is 473 g/mol. The fraction of sp³-hybridized carbons (Fsp3) is 0.154. The second-order valence-electron chi connectivity index (χ2n) is 7.75. The van der Waals surface area contributed by atoms with Gasteiger partial charge >= 0.3 is 12.0 Å². The number of nitrogens with zero attached hydrogens (tertiary/aromatic N) is 1. The molecule has 1 heterocycles. The van der Waals surface area contributed by atoms with Crippen molar-refractivity contribution in [1.29, 1.82) is 0 Å². The summed E-state index contributed by atoms with van der Waals surface area (Å²) in [6.07, 6.45) is -1.21. The van der Waals surface area contributed by atoms with Crippen LogP contribution in [0.15, 0.2) is 78.9 Å². The molecule has 178 valence electrons. The lowest BCUT2D eigenvalue weighted by Gasteiger charge is -2.19. The number of amides is 4. The molecule has 3 aromatic rings. The van der Waals surface area contributed by atoms with Gasteiger partial charge < -0.3 is 20.1 Å². The van der Waals surface area contributed by atoms with Crippen LogP contribution in [0.1, 0.15) is 27.6 Å². The highest BCUT2D eigenvalue weighted by atomic mass is 16.5. The van der Waals surface area contributed by atoms with Crippen molar-refractivity contribution >= 4 is 29.5 Å². The lowest BCUT2D eigenvalue weighted by atomic mass is 10.1. The van der Waals surface area contributed by atoms with E-state index in [1.165, 1.54) is 6.07 Å². The number of esters is 1. The van der Waals surface area contributed by atoms with Gasteiger partial charge in [0.25, 0.3) is 5.91 Å². The Morgan fingerprint density at radius 3 is 2.40 bits per heavy atom. The predicted octanol–water partition coefficient (Wildman–Crippen LogP) is 3.28. The largest absolute Gasteiger partial charge is 0.497 e. The van der Waals surface area contributed by atoms with E-state index < -0.39 is 24.0 Å². The van der Waals surface area contributed by atoms with Crippen LogP contribution < -0.4 is 15.4 Å². The summed E-state index contributed by atoms with van der Waals surface area (Å²) >= 11 is 0. The van der Waals surface area contributed by atoms with E-state index in [1.807, 2.05) is 0 Å². The number of methoxy groups -OCH3 is 1. The molecule has 3 aromatic carbocycles. The second-order valence-corrected chi connectivity index (χ2v) is 7.75. The van der Waals surface area contributed by atoms with Crippen molar-refractivity contribution in [3.8, 4) is 5.75 Å². The Bertz CT molecular complexity index is 1230. The van der Waals surface area contributed by atoms with Crippen LogP contribution in [0.4, 0.5) is 10.5 Å². The molecule has 1 saturated heterocycles. The molecule has 9 nitrogen and oxygen atoms in total. The van der Waals surface area contributed by atoms with E-state index in [2.05, 4.69) is 10.6 Å². The highest BCUT2D eigenvalue weighted by Crippen LogP contribution is 2.23. The van der Waals surface area contributed by atoms with Crippen LogP contribution in [-0.4, -0.2) is 42.4 Å². The van der Waals surface area contributed by atoms with E-state index in [0.717, 1.165) is 4.90 Å². The summed E-state index contributed by atoms with van der Waals surface area (Å²) in [5.41, 5.74) is 1.78. The first-order valence-corrected chi connectivity index (χ1v) is 10.8. The first-order chi connectivity index (χ1) is 16.9. The minimum Gasteiger partial charge on any atom is -0.497 e. The smallest absolute Gasteiger partial charge is 0.339 e. The zero-order valence-corrected chi connectivity index (χ0v) is 18.9. The fourth-order valence-electron chi connectivity index (χ4n) is 3.55. The maximum absolute atomic E-state index is 13.1. The van der Waals surface area contributed by atoms with E-state index in [1.54, 1.807) is 79.9 Å². The molecule has 0 aromatic heterocycles. The number of hydrogen-bond donors (Lipinski definition) is 2. The van der Waals surface area contributed by atoms with Crippen LogP contribution in [0.2, 0.25) is 0 Å². The molecule has 1 aliphatic rings. The van der Waals surface area contributed by atoms with Crippen molar-refractivity contribution < 1.29 is 28.7 Å². The molecular formula is C26H23N3O6. The monoisotopic (exact) mass is 473 g/mol. The lowest BCUT2D eigenvalue weighted by Crippen LogP contribution is -2.30. The maximum Gasteiger partial charge on any atom is 0.339 e. The number of carbonyl (C=O) groups is 4. The predicted molar refractivity (Wildman–Crippen MR) is 127 cm³/mol. The Kier molecular flexibility index (Phi) is 7.06. The van der Waals surface area contributed by atoms with Crippen LogP contribution in [-0.2, 0) is 20.9 Å². The number of hydrogen-bond acceptors (Lipinski definition) is 6. The first-order valence-electron chi connectivity index (χ1n) is 10.8. The number of nitrogens with one attached hydrogen (secondary N) is 2. The molecule has 0 radical (unpaired) electrons. The number of benzene rings is 3. The highest BCUT2D eigenvalue weighted by Gasteiger charge is 2.29. The van der Waals surface area contributed by atoms with Gasteiger partial charge in [-0.05, 0) is 42.0 Å². The molecule has 0 saturated carbocycles. The van der Waals surface area contributed by atoms with E-state index in [9.17, 15) is 19.2 Å². The minimum absolute atomic E-state index is 0.0197. The molecule has 0 spiro atoms. The molecular weight excluding hydrogens is 450 g/mol. The number of ether oxygens (including phenoxy) is 2. The first kappa shape index (κ1) is 23.5. The molecule has 1 aliphatic heterocycles. The van der Waals surface area contributed by atoms with Gasteiger partial charge in [0.05, 0.1) is 25.8 Å². The minimum atomic E-state index is -1.21. The zero-order valence-electron chi connectivity index (χ0n) is 18.9. The van der Waals surface area contributed by atoms with Crippen molar-refractivity contribution in [2.75, 3.05) is 19.0 Å². The summed E-state index contributed by atoms with van der Waals surface area (Å²) < 4.78 is 10.8. The van der Waals surface area contributed by atoms with Gasteiger partial charge in [-0.2, -0.15) is 0 Å². The molecule has 35 heavy (non-hydrogen) atoms. The third-order valence-corrected chi connectivity index (χ3v) is 5.36. The number of rotatable bonds is 8. The normalized spacial score (nSPS) is 13.7. The molecule has 0 aliphatic carbocycles. The average Bonchev–Trinajstić information content (AvgIpc) is 3.20. The molecule has 9 heteroatoms. The summed E-state index contributed by atoms with van der Waals surface area (Å²) in [7, 11) is 1.55. The summed E-state index contributed by atoms with van der Waals surface area (Å²) in [5, 5.41) is 5.21. The lowest BCUT2D eigenvalue weighted by molar-refractivity contribution is -0.125. The SMILES string of the molecule is COc1ccc(NC(=O)C(OC(=O)c2cccc(CN3C(=O)CNC3=O)c2)c2ccccc2)cc1. The summed E-state index contributed by atoms with van der Waals surface area (Å²) in [6, 6.07) is 21.4. The van der Waals surface area contributed by atoms with Gasteiger partial charge in [-0.3, -0.25) is 14.5 Å². The van der Waals surface area contributed by atoms with Crippen molar-refractivity contribution in [3.63, 3.8) is 0 Å². The van der Waals surface area contributed by atoms with Crippen molar-refractivity contribution in [3.05, 3.63) is 95.6 Å². The van der Waals surface area contributed by atoms with Gasteiger partial charge in [-0.15, -0.1) is 0 Å². The molecule has 1 atom stereocenters. The van der Waals surface area contributed by atoms with Gasteiger partial charge in [0.15, 0.2) is 0 Å². The van der Waals surface area contributed by atoms with Gasteiger partial charge in [0, 0.05) is 11.3 Å². The Morgan fingerprint density at radius 1 is 1.00 bits per heavy atom. The van der Waals surface area contributed by atoms with E-state index in [4.69, 9.17) is 9.47 Å². The van der Waals surface area contributed by atoms with E-state index >= 15 is 0 Å². The standard InChI is InChI=1S/C26H23N3O6/c1-34-21-12-10-20(11-13-21)28-24(31)23(18-7-3-2-4-8-18)35-25(32)19-9-5-6-17(14-19)16-29-22(30)15-27-26(29)33/h2-14,23H,15-16H2,1H3,(H,27,33)(H,28,31). The summed E-state index contributed by atoms with van der Waals surface area (Å²) in [5.74, 6) is -0.947. The Hall–Kier alpha value is -4.66. The summed E-state index contributed by atoms with van der Waals surface area (Å²) in [4.78, 5) is 50.9. The molecule has 1 unspecified atom stereocenters. The van der Waals surface area contributed by atoms with Crippen LogP contribution in [0.3, 0.4) is 0 Å². The topological polar surface area (TPSA) is 114 Å². The molecule has 2 N–H and O–H groups in total. The van der Waals surface area contributed by atoms with Gasteiger partial charge in [0.2, 0.25) is 12.0 Å². The van der Waals surface area contributed by atoms with E-state index in [0.29, 0.717) is 22.6 Å².